The molecule has 0 bridgehead atoms. The van der Waals surface area contributed by atoms with Gasteiger partial charge in [-0.1, -0.05) is 24.3 Å². The number of rotatable bonds is 3. The molecule has 1 aromatic carbocycles. The van der Waals surface area contributed by atoms with Crippen molar-refractivity contribution in [3.05, 3.63) is 41.6 Å². The number of fused-ring (bicyclic) bond motifs is 1. The molecular weight excluding hydrogens is 304 g/mol. The molecule has 1 atom stereocenters. The first kappa shape index (κ1) is 16.7. The number of piperidine rings is 1. The van der Waals surface area contributed by atoms with Crippen LogP contribution in [0.5, 0.6) is 0 Å². The molecule has 0 radical (unpaired) electrons. The van der Waals surface area contributed by atoms with Crippen LogP contribution in [0.25, 0.3) is 6.08 Å². The molecule has 5 nitrogen and oxygen atoms in total. The molecule has 0 spiro atoms. The number of nitrogens with zero attached hydrogens (tertiary/aromatic N) is 2. The van der Waals surface area contributed by atoms with Gasteiger partial charge in [-0.2, -0.15) is 0 Å². The van der Waals surface area contributed by atoms with Crippen molar-refractivity contribution in [3.63, 3.8) is 0 Å². The molecule has 2 aliphatic heterocycles. The molecule has 2 heterocycles. The van der Waals surface area contributed by atoms with Crippen LogP contribution in [-0.2, 0) is 9.59 Å². The van der Waals surface area contributed by atoms with E-state index >= 15 is 0 Å². The van der Waals surface area contributed by atoms with Crippen LogP contribution in [-0.4, -0.2) is 46.4 Å². The Morgan fingerprint density at radius 3 is 2.58 bits per heavy atom. The van der Waals surface area contributed by atoms with Crippen LogP contribution in [0.2, 0.25) is 0 Å². The highest BCUT2D eigenvalue weighted by Crippen LogP contribution is 2.33. The number of hydrogen-bond acceptors (Lipinski definition) is 3. The van der Waals surface area contributed by atoms with Crippen molar-refractivity contribution in [2.75, 3.05) is 19.7 Å². The summed E-state index contributed by atoms with van der Waals surface area (Å²) >= 11 is 0. The standard InChI is InChI=1S/C19H24N2O3/c1-14(23)21-11-8-16-4-2-3-5-17(16)18(21)12-19(24)20-9-6-15(13-22)7-10-20/h2-5,8,11,15,18,22H,6-7,9-10,12-13H2,1H3. The number of carbonyl (C=O) groups is 2. The zero-order valence-corrected chi connectivity index (χ0v) is 14.0. The maximum absolute atomic E-state index is 12.7. The number of aliphatic hydroxyl groups excluding tert-OH is 1. The Balaban J connectivity index is 1.75. The second-order valence-corrected chi connectivity index (χ2v) is 6.60. The molecule has 1 saturated heterocycles. The average Bonchev–Trinajstić information content (AvgIpc) is 2.61. The minimum Gasteiger partial charge on any atom is -0.396 e. The SMILES string of the molecule is CC(=O)N1C=Cc2ccccc2C1CC(=O)N1CCC(CO)CC1. The molecule has 0 saturated carbocycles. The summed E-state index contributed by atoms with van der Waals surface area (Å²) in [6, 6.07) is 7.66. The predicted octanol–water partition coefficient (Wildman–Crippen LogP) is 2.18. The van der Waals surface area contributed by atoms with Gasteiger partial charge in [0.1, 0.15) is 0 Å². The third kappa shape index (κ3) is 3.36. The molecule has 128 valence electrons. The number of amides is 2. The van der Waals surface area contributed by atoms with Gasteiger partial charge < -0.3 is 14.9 Å². The fraction of sp³-hybridized carbons (Fsp3) is 0.474. The highest BCUT2D eigenvalue weighted by Gasteiger charge is 2.31. The summed E-state index contributed by atoms with van der Waals surface area (Å²) in [5.74, 6) is 0.325. The summed E-state index contributed by atoms with van der Waals surface area (Å²) in [5, 5.41) is 9.23. The van der Waals surface area contributed by atoms with Gasteiger partial charge in [0.15, 0.2) is 0 Å². The minimum atomic E-state index is -0.244. The van der Waals surface area contributed by atoms with Crippen molar-refractivity contribution < 1.29 is 14.7 Å². The minimum absolute atomic E-state index is 0.0578. The van der Waals surface area contributed by atoms with E-state index in [0.717, 1.165) is 24.0 Å². The van der Waals surface area contributed by atoms with E-state index in [0.29, 0.717) is 25.4 Å². The van der Waals surface area contributed by atoms with E-state index in [1.807, 2.05) is 35.2 Å². The van der Waals surface area contributed by atoms with Crippen molar-refractivity contribution >= 4 is 17.9 Å². The van der Waals surface area contributed by atoms with Crippen LogP contribution >= 0.6 is 0 Å². The number of benzene rings is 1. The van der Waals surface area contributed by atoms with E-state index in [4.69, 9.17) is 0 Å². The molecule has 0 aliphatic carbocycles. The Bertz CT molecular complexity index is 648. The van der Waals surface area contributed by atoms with Crippen LogP contribution < -0.4 is 0 Å². The first-order valence-corrected chi connectivity index (χ1v) is 8.55. The Labute approximate surface area is 142 Å². The van der Waals surface area contributed by atoms with Gasteiger partial charge in [-0.15, -0.1) is 0 Å². The summed E-state index contributed by atoms with van der Waals surface area (Å²) in [4.78, 5) is 28.2. The normalized spacial score (nSPS) is 20.8. The zero-order valence-electron chi connectivity index (χ0n) is 14.0. The molecule has 0 aromatic heterocycles. The lowest BCUT2D eigenvalue weighted by atomic mass is 9.92. The van der Waals surface area contributed by atoms with Crippen molar-refractivity contribution in [2.45, 2.75) is 32.2 Å². The number of aliphatic hydroxyl groups is 1. The van der Waals surface area contributed by atoms with Gasteiger partial charge in [0.25, 0.3) is 0 Å². The lowest BCUT2D eigenvalue weighted by Gasteiger charge is -2.36. The third-order valence-electron chi connectivity index (χ3n) is 5.06. The maximum Gasteiger partial charge on any atom is 0.225 e. The lowest BCUT2D eigenvalue weighted by molar-refractivity contribution is -0.135. The summed E-state index contributed by atoms with van der Waals surface area (Å²) in [5.41, 5.74) is 2.08. The van der Waals surface area contributed by atoms with Crippen LogP contribution in [0.15, 0.2) is 30.5 Å². The molecule has 24 heavy (non-hydrogen) atoms. The molecule has 1 aromatic rings. The Morgan fingerprint density at radius 2 is 1.92 bits per heavy atom. The van der Waals surface area contributed by atoms with E-state index < -0.39 is 0 Å². The highest BCUT2D eigenvalue weighted by molar-refractivity contribution is 5.82. The monoisotopic (exact) mass is 328 g/mol. The van der Waals surface area contributed by atoms with Gasteiger partial charge in [0.2, 0.25) is 11.8 Å². The Kier molecular flexibility index (Phi) is 5.00. The fourth-order valence-corrected chi connectivity index (χ4v) is 3.57. The smallest absolute Gasteiger partial charge is 0.225 e. The first-order valence-electron chi connectivity index (χ1n) is 8.55. The van der Waals surface area contributed by atoms with E-state index in [-0.39, 0.29) is 24.5 Å². The van der Waals surface area contributed by atoms with Gasteiger partial charge in [-0.25, -0.2) is 0 Å². The number of likely N-dealkylation sites (tertiary alicyclic amines) is 1. The molecule has 2 amide bonds. The molecule has 1 unspecified atom stereocenters. The topological polar surface area (TPSA) is 60.9 Å². The number of hydrogen-bond donors (Lipinski definition) is 1. The van der Waals surface area contributed by atoms with Gasteiger partial charge in [0, 0.05) is 32.8 Å². The summed E-state index contributed by atoms with van der Waals surface area (Å²) in [6.07, 6.45) is 5.69. The van der Waals surface area contributed by atoms with E-state index in [1.165, 1.54) is 6.92 Å². The van der Waals surface area contributed by atoms with E-state index in [1.54, 1.807) is 11.1 Å². The highest BCUT2D eigenvalue weighted by atomic mass is 16.3. The van der Waals surface area contributed by atoms with Crippen molar-refractivity contribution in [1.82, 2.24) is 9.80 Å². The van der Waals surface area contributed by atoms with Crippen molar-refractivity contribution in [1.29, 1.82) is 0 Å². The van der Waals surface area contributed by atoms with Gasteiger partial charge >= 0.3 is 0 Å². The molecule has 1 fully saturated rings. The van der Waals surface area contributed by atoms with Gasteiger partial charge in [-0.05, 0) is 36.0 Å². The zero-order chi connectivity index (χ0) is 17.1. The Hall–Kier alpha value is -2.14. The molecule has 3 rings (SSSR count). The second-order valence-electron chi connectivity index (χ2n) is 6.60. The summed E-state index contributed by atoms with van der Waals surface area (Å²) in [7, 11) is 0. The van der Waals surface area contributed by atoms with Crippen LogP contribution in [0, 0.1) is 5.92 Å². The lowest BCUT2D eigenvalue weighted by Crippen LogP contribution is -2.41. The first-order chi connectivity index (χ1) is 11.6. The molecule has 1 N–H and O–H groups in total. The van der Waals surface area contributed by atoms with Crippen LogP contribution in [0.4, 0.5) is 0 Å². The van der Waals surface area contributed by atoms with E-state index in [9.17, 15) is 14.7 Å². The molecule has 5 heteroatoms. The Morgan fingerprint density at radius 1 is 1.21 bits per heavy atom. The van der Waals surface area contributed by atoms with Crippen molar-refractivity contribution in [2.24, 2.45) is 5.92 Å². The van der Waals surface area contributed by atoms with Crippen LogP contribution in [0.1, 0.15) is 43.4 Å². The quantitative estimate of drug-likeness (QED) is 0.925. The predicted molar refractivity (Wildman–Crippen MR) is 91.7 cm³/mol. The maximum atomic E-state index is 12.7. The third-order valence-corrected chi connectivity index (χ3v) is 5.06. The summed E-state index contributed by atoms with van der Waals surface area (Å²) < 4.78 is 0. The van der Waals surface area contributed by atoms with Gasteiger partial charge in [-0.3, -0.25) is 9.59 Å². The van der Waals surface area contributed by atoms with E-state index in [2.05, 4.69) is 0 Å². The fourth-order valence-electron chi connectivity index (χ4n) is 3.57. The van der Waals surface area contributed by atoms with Gasteiger partial charge in [0.05, 0.1) is 12.5 Å². The molecule has 2 aliphatic rings. The summed E-state index contributed by atoms with van der Waals surface area (Å²) in [6.45, 7) is 3.10. The largest absolute Gasteiger partial charge is 0.396 e. The van der Waals surface area contributed by atoms with Crippen LogP contribution in [0.3, 0.4) is 0 Å². The average molecular weight is 328 g/mol. The number of carbonyl (C=O) groups excluding carboxylic acids is 2. The molecular formula is C19H24N2O3. The van der Waals surface area contributed by atoms with Crippen molar-refractivity contribution in [3.8, 4) is 0 Å². The second kappa shape index (κ2) is 7.18.